The Hall–Kier alpha value is -1.71. The first kappa shape index (κ1) is 22.6. The quantitative estimate of drug-likeness (QED) is 0.353. The van der Waals surface area contributed by atoms with Crippen LogP contribution in [0.1, 0.15) is 27.7 Å². The third-order valence-electron chi connectivity index (χ3n) is 4.39. The van der Waals surface area contributed by atoms with E-state index in [1.165, 1.54) is 12.1 Å². The van der Waals surface area contributed by atoms with Crippen LogP contribution in [0, 0.1) is 10.1 Å². The Morgan fingerprint density at radius 1 is 1.36 bits per heavy atom. The Morgan fingerprint density at radius 3 is 2.64 bits per heavy atom. The van der Waals surface area contributed by atoms with E-state index in [1.807, 2.05) is 20.8 Å². The number of hydrogen-bond donors (Lipinski definition) is 0. The summed E-state index contributed by atoms with van der Waals surface area (Å²) < 4.78 is 11.7. The van der Waals surface area contributed by atoms with Gasteiger partial charge < -0.3 is 9.47 Å². The number of nitro benzene ring substituents is 1. The van der Waals surface area contributed by atoms with Crippen molar-refractivity contribution in [3.63, 3.8) is 0 Å². The molecule has 1 saturated heterocycles. The topological polar surface area (TPSA) is 85.2 Å². The molecule has 0 aromatic heterocycles. The number of esters is 1. The van der Waals surface area contributed by atoms with Crippen LogP contribution in [0.3, 0.4) is 0 Å². The molecular formula is C19H28BrN3O5. The number of non-ortho nitro benzene ring substituents is 1. The highest BCUT2D eigenvalue weighted by molar-refractivity contribution is 9.10. The van der Waals surface area contributed by atoms with E-state index in [4.69, 9.17) is 9.47 Å². The van der Waals surface area contributed by atoms with Crippen molar-refractivity contribution in [2.24, 2.45) is 0 Å². The number of benzene rings is 1. The van der Waals surface area contributed by atoms with Gasteiger partial charge in [0.05, 0.1) is 15.9 Å². The molecule has 1 atom stereocenters. The molecule has 1 heterocycles. The van der Waals surface area contributed by atoms with E-state index in [9.17, 15) is 14.9 Å². The largest absolute Gasteiger partial charge is 0.491 e. The average Bonchev–Trinajstić information content (AvgIpc) is 2.57. The van der Waals surface area contributed by atoms with Crippen molar-refractivity contribution in [2.45, 2.75) is 39.3 Å². The van der Waals surface area contributed by atoms with Crippen molar-refractivity contribution >= 4 is 27.6 Å². The van der Waals surface area contributed by atoms with Crippen molar-refractivity contribution < 1.29 is 19.2 Å². The summed E-state index contributed by atoms with van der Waals surface area (Å²) in [6.07, 6.45) is 0. The van der Waals surface area contributed by atoms with Crippen molar-refractivity contribution in [1.29, 1.82) is 0 Å². The second-order valence-corrected chi connectivity index (χ2v) is 8.78. The summed E-state index contributed by atoms with van der Waals surface area (Å²) in [7, 11) is 0. The van der Waals surface area contributed by atoms with Gasteiger partial charge >= 0.3 is 5.97 Å². The molecule has 2 rings (SSSR count). The highest BCUT2D eigenvalue weighted by Crippen LogP contribution is 2.29. The van der Waals surface area contributed by atoms with Crippen molar-refractivity contribution in [2.75, 3.05) is 39.3 Å². The molecule has 156 valence electrons. The first-order valence-electron chi connectivity index (χ1n) is 9.30. The number of carbonyl (C=O) groups is 1. The molecule has 1 aromatic rings. The smallest absolute Gasteiger partial charge is 0.320 e. The van der Waals surface area contributed by atoms with Gasteiger partial charge in [0.1, 0.15) is 18.0 Å². The zero-order valence-corrected chi connectivity index (χ0v) is 18.4. The molecular weight excluding hydrogens is 430 g/mol. The first-order valence-corrected chi connectivity index (χ1v) is 10.1. The van der Waals surface area contributed by atoms with E-state index < -0.39 is 10.5 Å². The number of nitro groups is 1. The lowest BCUT2D eigenvalue weighted by Crippen LogP contribution is -2.54. The van der Waals surface area contributed by atoms with E-state index in [1.54, 1.807) is 6.07 Å². The number of carbonyl (C=O) groups excluding carboxylic acids is 1. The van der Waals surface area contributed by atoms with E-state index in [-0.39, 0.29) is 17.7 Å². The predicted molar refractivity (Wildman–Crippen MR) is 110 cm³/mol. The molecule has 1 aliphatic heterocycles. The molecule has 0 aliphatic carbocycles. The molecule has 0 unspecified atom stereocenters. The Morgan fingerprint density at radius 2 is 2.07 bits per heavy atom. The molecule has 0 spiro atoms. The van der Waals surface area contributed by atoms with Crippen LogP contribution in [-0.4, -0.2) is 71.7 Å². The molecule has 0 bridgehead atoms. The number of ether oxygens (including phenoxy) is 2. The van der Waals surface area contributed by atoms with E-state index in [0.29, 0.717) is 23.4 Å². The van der Waals surface area contributed by atoms with Gasteiger partial charge in [-0.3, -0.25) is 24.7 Å². The molecule has 0 radical (unpaired) electrons. The number of halogens is 1. The maximum absolute atomic E-state index is 12.0. The number of piperazine rings is 1. The fraction of sp³-hybridized carbons (Fsp3) is 0.632. The first-order chi connectivity index (χ1) is 13.0. The molecule has 0 saturated carbocycles. The summed E-state index contributed by atoms with van der Waals surface area (Å²) in [4.78, 5) is 26.8. The SMILES string of the molecule is C[C@@H]1CN(CCOc2ccc([N+](=O)[O-])cc2Br)CCN1CC(=O)OC(C)(C)C. The Balaban J connectivity index is 1.76. The van der Waals surface area contributed by atoms with Crippen molar-refractivity contribution in [1.82, 2.24) is 9.80 Å². The Labute approximate surface area is 174 Å². The normalized spacial score (nSPS) is 18.7. The summed E-state index contributed by atoms with van der Waals surface area (Å²) >= 11 is 3.31. The third kappa shape index (κ3) is 7.03. The van der Waals surface area contributed by atoms with Crippen LogP contribution in [0.4, 0.5) is 5.69 Å². The lowest BCUT2D eigenvalue weighted by atomic mass is 10.2. The number of hydrogen-bond acceptors (Lipinski definition) is 7. The number of rotatable bonds is 7. The molecule has 9 heteroatoms. The van der Waals surface area contributed by atoms with Gasteiger partial charge in [0.15, 0.2) is 0 Å². The van der Waals surface area contributed by atoms with Crippen molar-refractivity contribution in [3.8, 4) is 5.75 Å². The number of nitrogens with zero attached hydrogens (tertiary/aromatic N) is 3. The second kappa shape index (κ2) is 9.67. The minimum absolute atomic E-state index is 0.0224. The van der Waals surface area contributed by atoms with Gasteiger partial charge in [-0.1, -0.05) is 0 Å². The van der Waals surface area contributed by atoms with E-state index in [2.05, 4.69) is 32.7 Å². The zero-order valence-electron chi connectivity index (χ0n) is 16.8. The summed E-state index contributed by atoms with van der Waals surface area (Å²) in [6, 6.07) is 4.71. The van der Waals surface area contributed by atoms with Crippen LogP contribution < -0.4 is 4.74 Å². The molecule has 0 N–H and O–H groups in total. The summed E-state index contributed by atoms with van der Waals surface area (Å²) in [5.41, 5.74) is -0.444. The lowest BCUT2D eigenvalue weighted by Gasteiger charge is -2.39. The standard InChI is InChI=1S/C19H28BrN3O5/c1-14-12-21(7-8-22(14)13-18(24)28-19(2,3)4)9-10-27-17-6-5-15(23(25)26)11-16(17)20/h5-6,11,14H,7-10,12-13H2,1-4H3/t14-/m1/s1. The van der Waals surface area contributed by atoms with Crippen molar-refractivity contribution in [3.05, 3.63) is 32.8 Å². The predicted octanol–water partition coefficient (Wildman–Crippen LogP) is 3.08. The van der Waals surface area contributed by atoms with Crippen LogP contribution in [0.15, 0.2) is 22.7 Å². The average molecular weight is 458 g/mol. The third-order valence-corrected chi connectivity index (χ3v) is 5.01. The maximum Gasteiger partial charge on any atom is 0.320 e. The van der Waals surface area contributed by atoms with Gasteiger partial charge in [0.2, 0.25) is 0 Å². The molecule has 0 amide bonds. The van der Waals surface area contributed by atoms with E-state index in [0.717, 1.165) is 26.2 Å². The van der Waals surface area contributed by atoms with Crippen LogP contribution in [0.2, 0.25) is 0 Å². The highest BCUT2D eigenvalue weighted by Gasteiger charge is 2.27. The summed E-state index contributed by atoms with van der Waals surface area (Å²) in [5, 5.41) is 10.8. The van der Waals surface area contributed by atoms with Crippen LogP contribution in [-0.2, 0) is 9.53 Å². The second-order valence-electron chi connectivity index (χ2n) is 7.93. The molecule has 1 aromatic carbocycles. The molecule has 8 nitrogen and oxygen atoms in total. The molecule has 1 fully saturated rings. The summed E-state index contributed by atoms with van der Waals surface area (Å²) in [5.74, 6) is 0.390. The highest BCUT2D eigenvalue weighted by atomic mass is 79.9. The van der Waals surface area contributed by atoms with Gasteiger partial charge in [0.25, 0.3) is 5.69 Å². The zero-order chi connectivity index (χ0) is 20.9. The molecule has 1 aliphatic rings. The maximum atomic E-state index is 12.0. The van der Waals surface area contributed by atoms with Crippen LogP contribution in [0.25, 0.3) is 0 Å². The monoisotopic (exact) mass is 457 g/mol. The Kier molecular flexibility index (Phi) is 7.79. The fourth-order valence-corrected chi connectivity index (χ4v) is 3.53. The minimum Gasteiger partial charge on any atom is -0.491 e. The lowest BCUT2D eigenvalue weighted by molar-refractivity contribution is -0.385. The van der Waals surface area contributed by atoms with Gasteiger partial charge in [-0.05, 0) is 49.7 Å². The van der Waals surface area contributed by atoms with Crippen LogP contribution in [0.5, 0.6) is 5.75 Å². The van der Waals surface area contributed by atoms with Gasteiger partial charge in [-0.2, -0.15) is 0 Å². The van der Waals surface area contributed by atoms with E-state index >= 15 is 0 Å². The van der Waals surface area contributed by atoms with Crippen LogP contribution >= 0.6 is 15.9 Å². The molecule has 28 heavy (non-hydrogen) atoms. The fourth-order valence-electron chi connectivity index (χ4n) is 3.05. The summed E-state index contributed by atoms with van der Waals surface area (Å²) in [6.45, 7) is 11.7. The Bertz CT molecular complexity index is 707. The minimum atomic E-state index is -0.467. The van der Waals surface area contributed by atoms with Gasteiger partial charge in [0, 0.05) is 44.4 Å². The van der Waals surface area contributed by atoms with Gasteiger partial charge in [-0.25, -0.2) is 0 Å². The van der Waals surface area contributed by atoms with Gasteiger partial charge in [-0.15, -0.1) is 0 Å².